The molecule has 14 heavy (non-hydrogen) atoms. The lowest BCUT2D eigenvalue weighted by molar-refractivity contribution is 0.196. The number of hydrogen-bond acceptors (Lipinski definition) is 2. The molecule has 0 aromatic heterocycles. The Morgan fingerprint density at radius 3 is 2.64 bits per heavy atom. The van der Waals surface area contributed by atoms with Crippen LogP contribution in [0.5, 0.6) is 0 Å². The molecule has 0 bridgehead atoms. The maximum Gasteiger partial charge on any atom is 0.0468 e. The van der Waals surface area contributed by atoms with Crippen molar-refractivity contribution in [2.24, 2.45) is 17.8 Å². The molecule has 0 heterocycles. The van der Waals surface area contributed by atoms with E-state index in [1.54, 1.807) is 0 Å². The third kappa shape index (κ3) is 3.58. The maximum absolute atomic E-state index is 8.93. The first kappa shape index (κ1) is 12.0. The van der Waals surface area contributed by atoms with Crippen LogP contribution in [-0.2, 0) is 0 Å². The number of hydrogen-bond donors (Lipinski definition) is 2. The topological polar surface area (TPSA) is 32.3 Å². The van der Waals surface area contributed by atoms with Crippen LogP contribution in [0.15, 0.2) is 0 Å². The van der Waals surface area contributed by atoms with Gasteiger partial charge in [-0.25, -0.2) is 0 Å². The molecular weight excluding hydrogens is 174 g/mol. The number of rotatable bonds is 4. The summed E-state index contributed by atoms with van der Waals surface area (Å²) in [6.45, 7) is 8.04. The standard InChI is InChI=1S/C12H25NO/c1-9-4-5-12(11(3)6-9)13-7-10(2)8-14/h9-14H,4-8H2,1-3H3. The van der Waals surface area contributed by atoms with Gasteiger partial charge >= 0.3 is 0 Å². The molecule has 4 unspecified atom stereocenters. The summed E-state index contributed by atoms with van der Waals surface area (Å²) >= 11 is 0. The van der Waals surface area contributed by atoms with Crippen molar-refractivity contribution in [2.75, 3.05) is 13.2 Å². The van der Waals surface area contributed by atoms with E-state index in [0.29, 0.717) is 18.6 Å². The van der Waals surface area contributed by atoms with Crippen molar-refractivity contribution in [3.8, 4) is 0 Å². The molecule has 0 amide bonds. The van der Waals surface area contributed by atoms with E-state index in [9.17, 15) is 0 Å². The van der Waals surface area contributed by atoms with Gasteiger partial charge in [-0.3, -0.25) is 0 Å². The average molecular weight is 199 g/mol. The van der Waals surface area contributed by atoms with E-state index in [0.717, 1.165) is 18.4 Å². The van der Waals surface area contributed by atoms with Crippen molar-refractivity contribution in [2.45, 2.75) is 46.1 Å². The van der Waals surface area contributed by atoms with Crippen molar-refractivity contribution in [3.63, 3.8) is 0 Å². The SMILES string of the molecule is CC(CO)CNC1CCC(C)CC1C. The molecular formula is C12H25NO. The Hall–Kier alpha value is -0.0800. The summed E-state index contributed by atoms with van der Waals surface area (Å²) in [5.74, 6) is 2.09. The molecule has 1 saturated carbocycles. The highest BCUT2D eigenvalue weighted by Crippen LogP contribution is 2.28. The highest BCUT2D eigenvalue weighted by atomic mass is 16.3. The summed E-state index contributed by atoms with van der Waals surface area (Å²) < 4.78 is 0. The van der Waals surface area contributed by atoms with E-state index in [1.807, 2.05) is 0 Å². The molecule has 2 N–H and O–H groups in total. The predicted molar refractivity (Wildman–Crippen MR) is 60.2 cm³/mol. The van der Waals surface area contributed by atoms with Gasteiger partial charge in [0.25, 0.3) is 0 Å². The van der Waals surface area contributed by atoms with Crippen molar-refractivity contribution < 1.29 is 5.11 Å². The first-order chi connectivity index (χ1) is 6.63. The fourth-order valence-electron chi connectivity index (χ4n) is 2.39. The van der Waals surface area contributed by atoms with Gasteiger partial charge in [-0.2, -0.15) is 0 Å². The molecule has 1 rings (SSSR count). The molecule has 84 valence electrons. The Bertz CT molecular complexity index is 160. The summed E-state index contributed by atoms with van der Waals surface area (Å²) in [4.78, 5) is 0. The third-order valence-electron chi connectivity index (χ3n) is 3.47. The molecule has 2 heteroatoms. The van der Waals surface area contributed by atoms with Crippen LogP contribution in [0.4, 0.5) is 0 Å². The van der Waals surface area contributed by atoms with Crippen molar-refractivity contribution in [1.29, 1.82) is 0 Å². The fourth-order valence-corrected chi connectivity index (χ4v) is 2.39. The fraction of sp³-hybridized carbons (Fsp3) is 1.00. The van der Waals surface area contributed by atoms with Crippen LogP contribution in [0.25, 0.3) is 0 Å². The molecule has 1 fully saturated rings. The summed E-state index contributed by atoms with van der Waals surface area (Å²) in [7, 11) is 0. The molecule has 0 aromatic carbocycles. The monoisotopic (exact) mass is 199 g/mol. The molecule has 0 spiro atoms. The first-order valence-corrected chi connectivity index (χ1v) is 5.97. The zero-order valence-electron chi connectivity index (χ0n) is 9.79. The normalized spacial score (nSPS) is 35.6. The molecule has 0 aliphatic heterocycles. The Labute approximate surface area is 88.1 Å². The smallest absolute Gasteiger partial charge is 0.0468 e. The van der Waals surface area contributed by atoms with Gasteiger partial charge in [-0.15, -0.1) is 0 Å². The van der Waals surface area contributed by atoms with E-state index in [1.165, 1.54) is 19.3 Å². The quantitative estimate of drug-likeness (QED) is 0.726. The van der Waals surface area contributed by atoms with Crippen LogP contribution in [0.3, 0.4) is 0 Å². The molecule has 0 radical (unpaired) electrons. The largest absolute Gasteiger partial charge is 0.396 e. The Morgan fingerprint density at radius 1 is 1.36 bits per heavy atom. The molecule has 1 aliphatic rings. The van der Waals surface area contributed by atoms with Crippen molar-refractivity contribution >= 4 is 0 Å². The van der Waals surface area contributed by atoms with E-state index in [4.69, 9.17) is 5.11 Å². The predicted octanol–water partition coefficient (Wildman–Crippen LogP) is 2.03. The molecule has 1 aliphatic carbocycles. The van der Waals surface area contributed by atoms with Crippen LogP contribution in [0, 0.1) is 17.8 Å². The molecule has 2 nitrogen and oxygen atoms in total. The van der Waals surface area contributed by atoms with Gasteiger partial charge in [0.1, 0.15) is 0 Å². The number of aliphatic hydroxyl groups excluding tert-OH is 1. The minimum absolute atomic E-state index is 0.296. The number of aliphatic hydroxyl groups is 1. The van der Waals surface area contributed by atoms with Crippen LogP contribution >= 0.6 is 0 Å². The van der Waals surface area contributed by atoms with Crippen molar-refractivity contribution in [1.82, 2.24) is 5.32 Å². The van der Waals surface area contributed by atoms with Gasteiger partial charge in [0, 0.05) is 19.2 Å². The zero-order valence-corrected chi connectivity index (χ0v) is 9.79. The van der Waals surface area contributed by atoms with E-state index in [2.05, 4.69) is 26.1 Å². The van der Waals surface area contributed by atoms with Crippen molar-refractivity contribution in [3.05, 3.63) is 0 Å². The lowest BCUT2D eigenvalue weighted by atomic mass is 9.80. The summed E-state index contributed by atoms with van der Waals surface area (Å²) in [5, 5.41) is 12.5. The third-order valence-corrected chi connectivity index (χ3v) is 3.47. The Balaban J connectivity index is 2.24. The second-order valence-electron chi connectivity index (χ2n) is 5.20. The van der Waals surface area contributed by atoms with Gasteiger partial charge in [0.05, 0.1) is 0 Å². The maximum atomic E-state index is 8.93. The lowest BCUT2D eigenvalue weighted by Crippen LogP contribution is -2.41. The summed E-state index contributed by atoms with van der Waals surface area (Å²) in [6.07, 6.45) is 4.02. The average Bonchev–Trinajstić information content (AvgIpc) is 2.16. The van der Waals surface area contributed by atoms with E-state index < -0.39 is 0 Å². The first-order valence-electron chi connectivity index (χ1n) is 5.97. The highest BCUT2D eigenvalue weighted by molar-refractivity contribution is 4.81. The highest BCUT2D eigenvalue weighted by Gasteiger charge is 2.24. The minimum Gasteiger partial charge on any atom is -0.396 e. The Kier molecular flexibility index (Phi) is 4.90. The summed E-state index contributed by atoms with van der Waals surface area (Å²) in [5.41, 5.74) is 0. The lowest BCUT2D eigenvalue weighted by Gasteiger charge is -2.33. The van der Waals surface area contributed by atoms with E-state index >= 15 is 0 Å². The van der Waals surface area contributed by atoms with Gasteiger partial charge < -0.3 is 10.4 Å². The van der Waals surface area contributed by atoms with Gasteiger partial charge in [-0.05, 0) is 37.0 Å². The van der Waals surface area contributed by atoms with E-state index in [-0.39, 0.29) is 0 Å². The summed E-state index contributed by atoms with van der Waals surface area (Å²) in [6, 6.07) is 0.681. The van der Waals surface area contributed by atoms with Crippen LogP contribution < -0.4 is 5.32 Å². The zero-order chi connectivity index (χ0) is 10.6. The molecule has 4 atom stereocenters. The van der Waals surface area contributed by atoms with Gasteiger partial charge in [0.15, 0.2) is 0 Å². The second-order valence-corrected chi connectivity index (χ2v) is 5.20. The van der Waals surface area contributed by atoms with Crippen LogP contribution in [0.2, 0.25) is 0 Å². The van der Waals surface area contributed by atoms with Crippen LogP contribution in [-0.4, -0.2) is 24.3 Å². The number of nitrogens with one attached hydrogen (secondary N) is 1. The Morgan fingerprint density at radius 2 is 2.07 bits per heavy atom. The molecule has 0 aromatic rings. The second kappa shape index (κ2) is 5.72. The van der Waals surface area contributed by atoms with Gasteiger partial charge in [-0.1, -0.05) is 20.8 Å². The molecule has 0 saturated heterocycles. The minimum atomic E-state index is 0.296. The van der Waals surface area contributed by atoms with Gasteiger partial charge in [0.2, 0.25) is 0 Å². The van der Waals surface area contributed by atoms with Crippen LogP contribution in [0.1, 0.15) is 40.0 Å².